The van der Waals surface area contributed by atoms with E-state index in [1.807, 2.05) is 26.8 Å². The Labute approximate surface area is 73.4 Å². The lowest BCUT2D eigenvalue weighted by Crippen LogP contribution is -1.96. The summed E-state index contributed by atoms with van der Waals surface area (Å²) in [5.74, 6) is 1.14. The van der Waals surface area contributed by atoms with E-state index in [9.17, 15) is 4.39 Å². The van der Waals surface area contributed by atoms with E-state index in [-0.39, 0.29) is 5.82 Å². The Morgan fingerprint density at radius 3 is 2.58 bits per heavy atom. The second-order valence-corrected chi connectivity index (χ2v) is 3.48. The maximum Gasteiger partial charge on any atom is 0.126 e. The Kier molecular flexibility index (Phi) is 2.85. The Morgan fingerprint density at radius 1 is 1.33 bits per heavy atom. The van der Waals surface area contributed by atoms with Gasteiger partial charge in [-0.15, -0.1) is 0 Å². The molecule has 0 aliphatic rings. The van der Waals surface area contributed by atoms with Crippen molar-refractivity contribution in [2.75, 3.05) is 0 Å². The second kappa shape index (κ2) is 3.70. The highest BCUT2D eigenvalue weighted by atomic mass is 19.1. The van der Waals surface area contributed by atoms with E-state index in [1.54, 1.807) is 6.07 Å². The van der Waals surface area contributed by atoms with Crippen molar-refractivity contribution in [3.8, 4) is 0 Å². The summed E-state index contributed by atoms with van der Waals surface area (Å²) in [5, 5.41) is 0. The van der Waals surface area contributed by atoms with E-state index in [0.717, 1.165) is 17.5 Å². The molecule has 0 saturated heterocycles. The molecule has 0 spiro atoms. The highest BCUT2D eigenvalue weighted by Crippen LogP contribution is 2.15. The van der Waals surface area contributed by atoms with Gasteiger partial charge >= 0.3 is 0 Å². The van der Waals surface area contributed by atoms with Gasteiger partial charge in [-0.05, 0) is 30.9 Å². The Bertz CT molecular complexity index is 264. The minimum absolute atomic E-state index is 0.0956. The topological polar surface area (TPSA) is 0 Å². The predicted molar refractivity (Wildman–Crippen MR) is 49.4 cm³/mol. The van der Waals surface area contributed by atoms with Gasteiger partial charge in [-0.25, -0.2) is 4.39 Å². The number of aryl methyl sites for hydroxylation is 1. The quantitative estimate of drug-likeness (QED) is 0.630. The van der Waals surface area contributed by atoms with Gasteiger partial charge in [0.05, 0.1) is 0 Å². The summed E-state index contributed by atoms with van der Waals surface area (Å²) < 4.78 is 13.1. The molecule has 0 saturated carbocycles. The summed E-state index contributed by atoms with van der Waals surface area (Å²) in [6.45, 7) is 6.01. The van der Waals surface area contributed by atoms with E-state index in [2.05, 4.69) is 0 Å². The van der Waals surface area contributed by atoms with Gasteiger partial charge < -0.3 is 0 Å². The molecule has 1 heteroatoms. The van der Waals surface area contributed by atoms with Crippen LogP contribution in [0, 0.1) is 18.7 Å². The molecule has 0 atom stereocenters. The first kappa shape index (κ1) is 9.24. The highest BCUT2D eigenvalue weighted by molar-refractivity contribution is 5.26. The van der Waals surface area contributed by atoms with Crippen LogP contribution in [0.25, 0.3) is 0 Å². The van der Waals surface area contributed by atoms with Crippen molar-refractivity contribution in [1.82, 2.24) is 0 Å². The molecule has 0 bridgehead atoms. The molecule has 1 radical (unpaired) electrons. The lowest BCUT2D eigenvalue weighted by Gasteiger charge is -2.06. The van der Waals surface area contributed by atoms with Crippen LogP contribution in [0.1, 0.15) is 25.0 Å². The molecule has 0 aromatic heterocycles. The van der Waals surface area contributed by atoms with Crippen LogP contribution in [0.3, 0.4) is 0 Å². The number of benzene rings is 1. The first-order chi connectivity index (χ1) is 5.59. The predicted octanol–water partition coefficient (Wildman–Crippen LogP) is 3.29. The lowest BCUT2D eigenvalue weighted by molar-refractivity contribution is 0.609. The van der Waals surface area contributed by atoms with Gasteiger partial charge in [0.1, 0.15) is 5.82 Å². The summed E-state index contributed by atoms with van der Waals surface area (Å²) in [6, 6.07) is 5.24. The van der Waals surface area contributed by atoms with E-state index in [0.29, 0.717) is 0 Å². The first-order valence-electron chi connectivity index (χ1n) is 4.13. The van der Waals surface area contributed by atoms with Crippen molar-refractivity contribution >= 4 is 0 Å². The Balaban J connectivity index is 2.90. The van der Waals surface area contributed by atoms with Crippen LogP contribution in [0.2, 0.25) is 0 Å². The summed E-state index contributed by atoms with van der Waals surface area (Å²) >= 11 is 0. The van der Waals surface area contributed by atoms with Gasteiger partial charge in [0.25, 0.3) is 0 Å². The van der Waals surface area contributed by atoms with Crippen molar-refractivity contribution in [2.24, 2.45) is 0 Å². The molecule has 65 valence electrons. The molecular formula is C11H14F. The van der Waals surface area contributed by atoms with Gasteiger partial charge in [-0.2, -0.15) is 0 Å². The van der Waals surface area contributed by atoms with Crippen LogP contribution >= 0.6 is 0 Å². The molecule has 1 rings (SSSR count). The van der Waals surface area contributed by atoms with Crippen LogP contribution in [0.4, 0.5) is 4.39 Å². The largest absolute Gasteiger partial charge is 0.207 e. The minimum Gasteiger partial charge on any atom is -0.207 e. The summed E-state index contributed by atoms with van der Waals surface area (Å²) in [7, 11) is 0. The van der Waals surface area contributed by atoms with E-state index in [4.69, 9.17) is 0 Å². The van der Waals surface area contributed by atoms with Crippen LogP contribution in [0.15, 0.2) is 18.2 Å². The summed E-state index contributed by atoms with van der Waals surface area (Å²) in [5.41, 5.74) is 1.92. The molecule has 0 aliphatic heterocycles. The van der Waals surface area contributed by atoms with Crippen LogP contribution < -0.4 is 0 Å². The highest BCUT2D eigenvalue weighted by Gasteiger charge is 2.04. The molecule has 1 aromatic rings. The molecule has 0 aliphatic carbocycles. The molecule has 0 N–H and O–H groups in total. The van der Waals surface area contributed by atoms with Gasteiger partial charge in [0.2, 0.25) is 0 Å². The molecule has 0 heterocycles. The molecule has 1 aromatic carbocycles. The van der Waals surface area contributed by atoms with Crippen LogP contribution in [-0.2, 0) is 6.42 Å². The fourth-order valence-corrected chi connectivity index (χ4v) is 1.22. The van der Waals surface area contributed by atoms with E-state index < -0.39 is 0 Å². The third-order valence-electron chi connectivity index (χ3n) is 1.75. The minimum atomic E-state index is -0.0956. The Hall–Kier alpha value is -0.850. The number of halogens is 1. The van der Waals surface area contributed by atoms with Crippen molar-refractivity contribution < 1.29 is 4.39 Å². The van der Waals surface area contributed by atoms with Crippen molar-refractivity contribution in [1.29, 1.82) is 0 Å². The molecule has 0 unspecified atom stereocenters. The number of hydrogen-bond acceptors (Lipinski definition) is 0. The fraction of sp³-hybridized carbons (Fsp3) is 0.364. The first-order valence-corrected chi connectivity index (χ1v) is 4.13. The zero-order valence-electron chi connectivity index (χ0n) is 7.82. The number of hydrogen-bond donors (Lipinski definition) is 0. The normalized spacial score (nSPS) is 10.8. The standard InChI is InChI=1S/C11H14F/c1-8(2)6-10-7-9(3)4-5-11(10)12/h4-5,7H,6H2,1-3H3. The van der Waals surface area contributed by atoms with Gasteiger partial charge in [0, 0.05) is 0 Å². The zero-order chi connectivity index (χ0) is 9.14. The summed E-state index contributed by atoms with van der Waals surface area (Å²) in [4.78, 5) is 0. The maximum atomic E-state index is 13.1. The zero-order valence-corrected chi connectivity index (χ0v) is 7.82. The van der Waals surface area contributed by atoms with Crippen molar-refractivity contribution in [3.05, 3.63) is 41.1 Å². The summed E-state index contributed by atoms with van der Waals surface area (Å²) in [6.07, 6.45) is 0.744. The van der Waals surface area contributed by atoms with E-state index in [1.165, 1.54) is 12.0 Å². The monoisotopic (exact) mass is 165 g/mol. The molecule has 0 amide bonds. The lowest BCUT2D eigenvalue weighted by atomic mass is 10.0. The average Bonchev–Trinajstić information content (AvgIpc) is 1.96. The van der Waals surface area contributed by atoms with Gasteiger partial charge in [0.15, 0.2) is 0 Å². The van der Waals surface area contributed by atoms with Crippen LogP contribution in [0.5, 0.6) is 0 Å². The van der Waals surface area contributed by atoms with Gasteiger partial charge in [-0.3, -0.25) is 0 Å². The smallest absolute Gasteiger partial charge is 0.126 e. The van der Waals surface area contributed by atoms with Crippen molar-refractivity contribution in [2.45, 2.75) is 27.2 Å². The third kappa shape index (κ3) is 2.33. The maximum absolute atomic E-state index is 13.1. The fourth-order valence-electron chi connectivity index (χ4n) is 1.22. The van der Waals surface area contributed by atoms with Crippen molar-refractivity contribution in [3.63, 3.8) is 0 Å². The number of rotatable bonds is 2. The molecule has 0 fully saturated rings. The molecule has 0 nitrogen and oxygen atoms in total. The van der Waals surface area contributed by atoms with Crippen LogP contribution in [-0.4, -0.2) is 0 Å². The SMILES string of the molecule is C[C](C)Cc1cc(C)ccc1F. The third-order valence-corrected chi connectivity index (χ3v) is 1.75. The van der Waals surface area contributed by atoms with E-state index >= 15 is 0 Å². The molecule has 12 heavy (non-hydrogen) atoms. The molecular weight excluding hydrogens is 151 g/mol. The second-order valence-electron chi connectivity index (χ2n) is 3.48. The Morgan fingerprint density at radius 2 is 2.00 bits per heavy atom. The average molecular weight is 165 g/mol. The van der Waals surface area contributed by atoms with Gasteiger partial charge in [-0.1, -0.05) is 31.5 Å².